The normalized spacial score (nSPS) is 13.7. The lowest BCUT2D eigenvalue weighted by Gasteiger charge is -2.21. The summed E-state index contributed by atoms with van der Waals surface area (Å²) in [6.07, 6.45) is 73.5. The number of phosphoric acid groups is 2. The highest BCUT2D eigenvalue weighted by molar-refractivity contribution is 7.47. The van der Waals surface area contributed by atoms with Gasteiger partial charge in [-0.2, -0.15) is 0 Å². The third-order valence-corrected chi connectivity index (χ3v) is 22.4. The van der Waals surface area contributed by atoms with Crippen molar-refractivity contribution in [2.24, 2.45) is 5.92 Å². The number of hydrogen-bond donors (Lipinski definition) is 3. The lowest BCUT2D eigenvalue weighted by atomic mass is 10.0. The van der Waals surface area contributed by atoms with Gasteiger partial charge in [-0.05, 0) is 31.6 Å². The summed E-state index contributed by atoms with van der Waals surface area (Å²) in [6, 6.07) is 0. The van der Waals surface area contributed by atoms with Gasteiger partial charge in [0.1, 0.15) is 19.3 Å². The van der Waals surface area contributed by atoms with Crippen LogP contribution in [-0.4, -0.2) is 96.7 Å². The molecule has 0 aromatic heterocycles. The molecule has 0 heterocycles. The first-order valence-corrected chi connectivity index (χ1v) is 48.1. The Balaban J connectivity index is 5.25. The molecule has 0 aromatic rings. The van der Waals surface area contributed by atoms with Crippen molar-refractivity contribution in [1.82, 2.24) is 0 Å². The van der Waals surface area contributed by atoms with E-state index in [9.17, 15) is 43.2 Å². The minimum Gasteiger partial charge on any atom is -0.462 e. The fourth-order valence-corrected chi connectivity index (χ4v) is 15.2. The number of ether oxygens (including phenoxy) is 4. The van der Waals surface area contributed by atoms with E-state index in [2.05, 4.69) is 34.6 Å². The SMILES string of the molecule is CCCCCCCCCCCCCCCCCCCCCC(=O)O[C@H](COC(=O)CCCCCCCCCCCCCCCCCC(C)C)COP(=O)(O)OC[C@@H](O)COP(=O)(O)OC[C@@H](COC(=O)CCCCCCCCCCCCCC)OC(=O)CCCCCCCCCCCCCCCCCCC. The van der Waals surface area contributed by atoms with Gasteiger partial charge in [0.25, 0.3) is 0 Å². The Morgan fingerprint density at radius 2 is 0.434 bits per heavy atom. The van der Waals surface area contributed by atoms with Gasteiger partial charge in [-0.25, -0.2) is 9.13 Å². The first kappa shape index (κ1) is 104. The second-order valence-corrected chi connectivity index (χ2v) is 34.7. The van der Waals surface area contributed by atoms with Crippen LogP contribution < -0.4 is 0 Å². The van der Waals surface area contributed by atoms with Gasteiger partial charge in [-0.15, -0.1) is 0 Å². The number of carbonyl (C=O) groups is 4. The fraction of sp³-hybridized carbons (Fsp3) is 0.954. The van der Waals surface area contributed by atoms with Crippen molar-refractivity contribution in [2.45, 2.75) is 490 Å². The highest BCUT2D eigenvalue weighted by Crippen LogP contribution is 2.45. The number of phosphoric ester groups is 2. The largest absolute Gasteiger partial charge is 0.472 e. The molecule has 2 unspecified atom stereocenters. The summed E-state index contributed by atoms with van der Waals surface area (Å²) in [5, 5.41) is 10.7. The third-order valence-electron chi connectivity index (χ3n) is 20.5. The Labute approximate surface area is 651 Å². The Morgan fingerprint density at radius 3 is 0.642 bits per heavy atom. The van der Waals surface area contributed by atoms with Gasteiger partial charge in [-0.3, -0.25) is 37.3 Å². The molecule has 0 rings (SSSR count). The molecule has 0 aliphatic heterocycles. The van der Waals surface area contributed by atoms with E-state index in [0.717, 1.165) is 95.8 Å². The average Bonchev–Trinajstić information content (AvgIpc) is 0.904. The summed E-state index contributed by atoms with van der Waals surface area (Å²) in [5.41, 5.74) is 0. The number of hydrogen-bond acceptors (Lipinski definition) is 15. The van der Waals surface area contributed by atoms with Crippen molar-refractivity contribution in [1.29, 1.82) is 0 Å². The van der Waals surface area contributed by atoms with Crippen molar-refractivity contribution in [2.75, 3.05) is 39.6 Å². The monoisotopic (exact) mass is 1550 g/mol. The van der Waals surface area contributed by atoms with E-state index in [4.69, 9.17) is 37.0 Å². The van der Waals surface area contributed by atoms with Gasteiger partial charge in [0.05, 0.1) is 26.4 Å². The number of carbonyl (C=O) groups excluding carboxylic acids is 4. The van der Waals surface area contributed by atoms with Crippen LogP contribution in [0.4, 0.5) is 0 Å². The molecule has 0 aliphatic rings. The Kier molecular flexibility index (Phi) is 78.2. The third kappa shape index (κ3) is 80.1. The van der Waals surface area contributed by atoms with Gasteiger partial charge >= 0.3 is 39.5 Å². The minimum atomic E-state index is -4.97. The van der Waals surface area contributed by atoms with Crippen LogP contribution in [-0.2, 0) is 65.4 Å². The molecule has 0 bridgehead atoms. The number of aliphatic hydroxyl groups is 1. The van der Waals surface area contributed by atoms with E-state index in [-0.39, 0.29) is 25.7 Å². The highest BCUT2D eigenvalue weighted by Gasteiger charge is 2.30. The zero-order valence-corrected chi connectivity index (χ0v) is 71.4. The quantitative estimate of drug-likeness (QED) is 0.0222. The van der Waals surface area contributed by atoms with Crippen LogP contribution in [0.3, 0.4) is 0 Å². The molecule has 0 spiro atoms. The molecule has 630 valence electrons. The lowest BCUT2D eigenvalue weighted by molar-refractivity contribution is -0.161. The molecule has 0 aliphatic carbocycles. The second-order valence-electron chi connectivity index (χ2n) is 31.8. The number of rotatable bonds is 87. The van der Waals surface area contributed by atoms with Crippen molar-refractivity contribution < 1.29 is 80.2 Å². The summed E-state index contributed by atoms with van der Waals surface area (Å²) >= 11 is 0. The van der Waals surface area contributed by atoms with Gasteiger partial charge in [0.15, 0.2) is 12.2 Å². The first-order valence-electron chi connectivity index (χ1n) is 45.1. The summed E-state index contributed by atoms with van der Waals surface area (Å²) in [4.78, 5) is 73.3. The van der Waals surface area contributed by atoms with Gasteiger partial charge < -0.3 is 33.8 Å². The predicted molar refractivity (Wildman–Crippen MR) is 437 cm³/mol. The standard InChI is InChI=1S/C87H170O17P2/c1-6-9-12-15-18-21-24-27-29-31-32-34-38-43-48-53-58-63-68-73-87(92)104-83(77-98-85(90)71-66-61-56-51-46-41-39-35-36-40-44-49-54-59-64-69-80(4)5)79-102-106(95,96)100-75-81(88)74-99-105(93,94)101-78-82(76-97-84(89)70-65-60-55-50-45-26-23-20-17-14-11-8-3)103-86(91)72-67-62-57-52-47-42-37-33-30-28-25-22-19-16-13-10-7-2/h80-83,88H,6-79H2,1-5H3,(H,93,94)(H,95,96)/t81-,82+,83+/m0/s1. The molecular formula is C87H170O17P2. The zero-order chi connectivity index (χ0) is 77.6. The summed E-state index contributed by atoms with van der Waals surface area (Å²) < 4.78 is 69.0. The van der Waals surface area contributed by atoms with Crippen molar-refractivity contribution in [3.63, 3.8) is 0 Å². The van der Waals surface area contributed by atoms with E-state index in [1.807, 2.05) is 0 Å². The molecule has 0 radical (unpaired) electrons. The summed E-state index contributed by atoms with van der Waals surface area (Å²) in [6.45, 7) is 7.41. The molecule has 0 aromatic carbocycles. The number of aliphatic hydroxyl groups excluding tert-OH is 1. The molecule has 19 heteroatoms. The molecule has 0 saturated carbocycles. The molecule has 106 heavy (non-hydrogen) atoms. The van der Waals surface area contributed by atoms with E-state index in [1.54, 1.807) is 0 Å². The van der Waals surface area contributed by atoms with Gasteiger partial charge in [-0.1, -0.05) is 420 Å². The smallest absolute Gasteiger partial charge is 0.462 e. The van der Waals surface area contributed by atoms with E-state index in [1.165, 1.54) is 295 Å². The van der Waals surface area contributed by atoms with Gasteiger partial charge in [0, 0.05) is 25.7 Å². The average molecular weight is 1550 g/mol. The van der Waals surface area contributed by atoms with Crippen LogP contribution >= 0.6 is 15.6 Å². The minimum absolute atomic E-state index is 0.109. The summed E-state index contributed by atoms with van der Waals surface area (Å²) in [5.74, 6) is -1.29. The van der Waals surface area contributed by atoms with E-state index in [0.29, 0.717) is 25.7 Å². The van der Waals surface area contributed by atoms with Crippen LogP contribution in [0.25, 0.3) is 0 Å². The van der Waals surface area contributed by atoms with Crippen LogP contribution in [0, 0.1) is 5.92 Å². The fourth-order valence-electron chi connectivity index (χ4n) is 13.6. The summed E-state index contributed by atoms with van der Waals surface area (Å²) in [7, 11) is -9.93. The van der Waals surface area contributed by atoms with Crippen molar-refractivity contribution in [3.8, 4) is 0 Å². The van der Waals surface area contributed by atoms with Crippen LogP contribution in [0.5, 0.6) is 0 Å². The molecule has 0 saturated heterocycles. The second kappa shape index (κ2) is 79.7. The molecule has 3 N–H and O–H groups in total. The van der Waals surface area contributed by atoms with Crippen LogP contribution in [0.2, 0.25) is 0 Å². The van der Waals surface area contributed by atoms with E-state index >= 15 is 0 Å². The van der Waals surface area contributed by atoms with E-state index < -0.39 is 97.5 Å². The maximum Gasteiger partial charge on any atom is 0.472 e. The predicted octanol–water partition coefficient (Wildman–Crippen LogP) is 26.8. The molecule has 17 nitrogen and oxygen atoms in total. The topological polar surface area (TPSA) is 237 Å². The number of unbranched alkanes of at least 4 members (excludes halogenated alkanes) is 59. The molecular weight excluding hydrogens is 1380 g/mol. The Hall–Kier alpha value is -1.94. The Bertz CT molecular complexity index is 2010. The lowest BCUT2D eigenvalue weighted by Crippen LogP contribution is -2.30. The number of esters is 4. The van der Waals surface area contributed by atoms with Crippen molar-refractivity contribution >= 4 is 39.5 Å². The maximum atomic E-state index is 13.2. The van der Waals surface area contributed by atoms with Crippen LogP contribution in [0.15, 0.2) is 0 Å². The zero-order valence-electron chi connectivity index (χ0n) is 69.6. The molecule has 0 amide bonds. The Morgan fingerprint density at radius 1 is 0.255 bits per heavy atom. The maximum absolute atomic E-state index is 13.2. The van der Waals surface area contributed by atoms with Gasteiger partial charge in [0.2, 0.25) is 0 Å². The highest BCUT2D eigenvalue weighted by atomic mass is 31.2. The molecule has 0 fully saturated rings. The van der Waals surface area contributed by atoms with Crippen LogP contribution in [0.1, 0.15) is 471 Å². The molecule has 5 atom stereocenters. The van der Waals surface area contributed by atoms with Crippen molar-refractivity contribution in [3.05, 3.63) is 0 Å². The first-order chi connectivity index (χ1) is 51.5.